The van der Waals surface area contributed by atoms with E-state index in [1.165, 1.54) is 32.1 Å². The maximum atomic E-state index is 6.24. The van der Waals surface area contributed by atoms with Crippen molar-refractivity contribution in [3.8, 4) is 5.75 Å². The van der Waals surface area contributed by atoms with Crippen LogP contribution in [0.2, 0.25) is 0 Å². The van der Waals surface area contributed by atoms with Crippen LogP contribution in [0.4, 0.5) is 17.3 Å². The standard InChI is InChI=1S/C18H25N5O/c1-24-15-9-7-13(8-10-15)11-20-17-16(19)18(22-12-21-17)23-14-5-3-2-4-6-14/h7-10,12,14H,2-6,11,19H2,1H3,(H2,20,21,22,23). The van der Waals surface area contributed by atoms with Crippen LogP contribution in [0.1, 0.15) is 37.7 Å². The molecule has 0 atom stereocenters. The first-order valence-corrected chi connectivity index (χ1v) is 8.50. The van der Waals surface area contributed by atoms with Crippen molar-refractivity contribution in [2.75, 3.05) is 23.5 Å². The van der Waals surface area contributed by atoms with Gasteiger partial charge in [-0.2, -0.15) is 0 Å². The molecule has 1 aromatic carbocycles. The number of hydrogen-bond donors (Lipinski definition) is 3. The number of aromatic nitrogens is 2. The van der Waals surface area contributed by atoms with E-state index in [4.69, 9.17) is 10.5 Å². The molecule has 1 saturated carbocycles. The normalized spacial score (nSPS) is 15.0. The topological polar surface area (TPSA) is 85.1 Å². The average molecular weight is 327 g/mol. The smallest absolute Gasteiger partial charge is 0.155 e. The minimum Gasteiger partial charge on any atom is -0.497 e. The van der Waals surface area contributed by atoms with Crippen LogP contribution >= 0.6 is 0 Å². The van der Waals surface area contributed by atoms with Crippen LogP contribution in [-0.2, 0) is 6.54 Å². The molecular weight excluding hydrogens is 302 g/mol. The highest BCUT2D eigenvalue weighted by atomic mass is 16.5. The summed E-state index contributed by atoms with van der Waals surface area (Å²) in [6, 6.07) is 8.38. The van der Waals surface area contributed by atoms with E-state index < -0.39 is 0 Å². The van der Waals surface area contributed by atoms with Crippen LogP contribution in [0.15, 0.2) is 30.6 Å². The van der Waals surface area contributed by atoms with Crippen molar-refractivity contribution in [1.82, 2.24) is 9.97 Å². The number of rotatable bonds is 6. The molecule has 24 heavy (non-hydrogen) atoms. The summed E-state index contributed by atoms with van der Waals surface area (Å²) in [6.45, 7) is 0.647. The minimum absolute atomic E-state index is 0.463. The number of ether oxygens (including phenoxy) is 1. The maximum Gasteiger partial charge on any atom is 0.155 e. The highest BCUT2D eigenvalue weighted by molar-refractivity contribution is 5.74. The first-order valence-electron chi connectivity index (χ1n) is 8.50. The number of nitrogen functional groups attached to an aromatic ring is 1. The molecule has 6 heteroatoms. The molecule has 6 nitrogen and oxygen atoms in total. The molecule has 128 valence electrons. The second-order valence-electron chi connectivity index (χ2n) is 6.17. The largest absolute Gasteiger partial charge is 0.497 e. The third-order valence-corrected chi connectivity index (χ3v) is 4.45. The first kappa shape index (κ1) is 16.4. The summed E-state index contributed by atoms with van der Waals surface area (Å²) < 4.78 is 5.17. The number of benzene rings is 1. The van der Waals surface area contributed by atoms with Gasteiger partial charge in [-0.3, -0.25) is 0 Å². The van der Waals surface area contributed by atoms with Gasteiger partial charge in [0.15, 0.2) is 11.6 Å². The summed E-state index contributed by atoms with van der Waals surface area (Å²) in [5.74, 6) is 2.24. The molecule has 1 fully saturated rings. The van der Waals surface area contributed by atoms with Gasteiger partial charge in [0.25, 0.3) is 0 Å². The van der Waals surface area contributed by atoms with Gasteiger partial charge in [-0.1, -0.05) is 31.4 Å². The summed E-state index contributed by atoms with van der Waals surface area (Å²) in [6.07, 6.45) is 7.77. The van der Waals surface area contributed by atoms with Crippen LogP contribution in [0.25, 0.3) is 0 Å². The van der Waals surface area contributed by atoms with E-state index in [0.29, 0.717) is 24.1 Å². The number of methoxy groups -OCH3 is 1. The number of anilines is 3. The molecule has 1 aliphatic carbocycles. The van der Waals surface area contributed by atoms with Gasteiger partial charge in [-0.05, 0) is 30.5 Å². The fraction of sp³-hybridized carbons (Fsp3) is 0.444. The van der Waals surface area contributed by atoms with Gasteiger partial charge in [0.05, 0.1) is 7.11 Å². The number of nitrogens with one attached hydrogen (secondary N) is 2. The van der Waals surface area contributed by atoms with Gasteiger partial charge in [0, 0.05) is 12.6 Å². The fourth-order valence-corrected chi connectivity index (χ4v) is 3.02. The Bertz CT molecular complexity index is 653. The lowest BCUT2D eigenvalue weighted by Crippen LogP contribution is -2.23. The Labute approximate surface area is 142 Å². The molecule has 1 aromatic heterocycles. The second-order valence-corrected chi connectivity index (χ2v) is 6.17. The zero-order chi connectivity index (χ0) is 16.8. The van der Waals surface area contributed by atoms with Gasteiger partial charge >= 0.3 is 0 Å². The Morgan fingerprint density at radius 2 is 1.79 bits per heavy atom. The molecule has 3 rings (SSSR count). The van der Waals surface area contributed by atoms with Crippen molar-refractivity contribution in [1.29, 1.82) is 0 Å². The molecule has 4 N–H and O–H groups in total. The lowest BCUT2D eigenvalue weighted by atomic mass is 9.95. The Hall–Kier alpha value is -2.50. The van der Waals surface area contributed by atoms with Gasteiger partial charge in [0.2, 0.25) is 0 Å². The number of hydrogen-bond acceptors (Lipinski definition) is 6. The SMILES string of the molecule is COc1ccc(CNc2ncnc(NC3CCCCC3)c2N)cc1. The van der Waals surface area contributed by atoms with Gasteiger partial charge in [0.1, 0.15) is 17.8 Å². The Morgan fingerprint density at radius 3 is 2.50 bits per heavy atom. The fourth-order valence-electron chi connectivity index (χ4n) is 3.02. The van der Waals surface area contributed by atoms with Gasteiger partial charge in [-0.15, -0.1) is 0 Å². The Morgan fingerprint density at radius 1 is 1.08 bits per heavy atom. The van der Waals surface area contributed by atoms with Crippen molar-refractivity contribution in [2.45, 2.75) is 44.7 Å². The lowest BCUT2D eigenvalue weighted by molar-refractivity contribution is 0.414. The van der Waals surface area contributed by atoms with Crippen molar-refractivity contribution in [3.05, 3.63) is 36.2 Å². The van der Waals surface area contributed by atoms with Gasteiger partial charge < -0.3 is 21.1 Å². The van der Waals surface area contributed by atoms with Crippen molar-refractivity contribution in [3.63, 3.8) is 0 Å². The second kappa shape index (κ2) is 7.86. The Balaban J connectivity index is 1.63. The zero-order valence-electron chi connectivity index (χ0n) is 14.1. The minimum atomic E-state index is 0.463. The molecule has 0 spiro atoms. The summed E-state index contributed by atoms with van der Waals surface area (Å²) in [7, 11) is 1.66. The van der Waals surface area contributed by atoms with Crippen LogP contribution < -0.4 is 21.1 Å². The highest BCUT2D eigenvalue weighted by Gasteiger charge is 2.16. The maximum absolute atomic E-state index is 6.24. The predicted octanol–water partition coefficient (Wildman–Crippen LogP) is 3.42. The van der Waals surface area contributed by atoms with E-state index in [9.17, 15) is 0 Å². The lowest BCUT2D eigenvalue weighted by Gasteiger charge is -2.24. The van der Waals surface area contributed by atoms with Crippen molar-refractivity contribution < 1.29 is 4.74 Å². The van der Waals surface area contributed by atoms with Gasteiger partial charge in [-0.25, -0.2) is 9.97 Å². The molecule has 0 radical (unpaired) electrons. The molecule has 0 saturated heterocycles. The summed E-state index contributed by atoms with van der Waals surface area (Å²) in [4.78, 5) is 8.58. The van der Waals surface area contributed by atoms with E-state index in [0.717, 1.165) is 17.1 Å². The molecule has 0 amide bonds. The molecule has 1 aliphatic rings. The molecular formula is C18H25N5O. The average Bonchev–Trinajstić information content (AvgIpc) is 2.64. The highest BCUT2D eigenvalue weighted by Crippen LogP contribution is 2.27. The van der Waals surface area contributed by atoms with Crippen molar-refractivity contribution in [2.24, 2.45) is 0 Å². The quantitative estimate of drug-likeness (QED) is 0.754. The van der Waals surface area contributed by atoms with E-state index in [1.807, 2.05) is 24.3 Å². The van der Waals surface area contributed by atoms with E-state index in [-0.39, 0.29) is 0 Å². The molecule has 0 unspecified atom stereocenters. The van der Waals surface area contributed by atoms with E-state index in [1.54, 1.807) is 13.4 Å². The predicted molar refractivity (Wildman–Crippen MR) is 97.3 cm³/mol. The number of nitrogens with zero attached hydrogens (tertiary/aromatic N) is 2. The summed E-state index contributed by atoms with van der Waals surface area (Å²) >= 11 is 0. The zero-order valence-corrected chi connectivity index (χ0v) is 14.1. The molecule has 1 heterocycles. The van der Waals surface area contributed by atoms with E-state index in [2.05, 4.69) is 20.6 Å². The molecule has 2 aromatic rings. The van der Waals surface area contributed by atoms with Crippen LogP contribution in [0, 0.1) is 0 Å². The summed E-state index contributed by atoms with van der Waals surface area (Å²) in [5.41, 5.74) is 7.96. The number of nitrogens with two attached hydrogens (primary N) is 1. The summed E-state index contributed by atoms with van der Waals surface area (Å²) in [5, 5.41) is 6.76. The Kier molecular flexibility index (Phi) is 5.36. The van der Waals surface area contributed by atoms with Crippen molar-refractivity contribution >= 4 is 17.3 Å². The monoisotopic (exact) mass is 327 g/mol. The van der Waals surface area contributed by atoms with Crippen LogP contribution in [0.5, 0.6) is 5.75 Å². The molecule has 0 aliphatic heterocycles. The van der Waals surface area contributed by atoms with Crippen LogP contribution in [0.3, 0.4) is 0 Å². The molecule has 0 bridgehead atoms. The third kappa shape index (κ3) is 4.07. The van der Waals surface area contributed by atoms with Crippen LogP contribution in [-0.4, -0.2) is 23.1 Å². The first-order chi connectivity index (χ1) is 11.8. The van der Waals surface area contributed by atoms with E-state index >= 15 is 0 Å². The third-order valence-electron chi connectivity index (χ3n) is 4.45.